The highest BCUT2D eigenvalue weighted by atomic mass is 32.3. The summed E-state index contributed by atoms with van der Waals surface area (Å²) >= 11 is 0. The molecule has 1 aliphatic heterocycles. The average molecular weight is 256 g/mol. The van der Waals surface area contributed by atoms with Gasteiger partial charge in [0.15, 0.2) is 6.10 Å². The van der Waals surface area contributed by atoms with E-state index < -0.39 is 47.1 Å². The van der Waals surface area contributed by atoms with Crippen LogP contribution in [0.4, 0.5) is 0 Å². The monoisotopic (exact) mass is 256 g/mol. The Labute approximate surface area is 89.5 Å². The van der Waals surface area contributed by atoms with E-state index in [-0.39, 0.29) is 0 Å². The quantitative estimate of drug-likeness (QED) is 0.272. The molecule has 1 unspecified atom stereocenters. The Balaban J connectivity index is 2.83. The van der Waals surface area contributed by atoms with E-state index in [1.807, 2.05) is 0 Å². The van der Waals surface area contributed by atoms with Crippen molar-refractivity contribution in [3.05, 3.63) is 0 Å². The summed E-state index contributed by atoms with van der Waals surface area (Å²) in [5, 5.41) is 17.6. The van der Waals surface area contributed by atoms with E-state index >= 15 is 0 Å². The molecule has 0 saturated carbocycles. The number of esters is 1. The molecular formula is C6H8O9S. The minimum atomic E-state index is -4.92. The van der Waals surface area contributed by atoms with Gasteiger partial charge in [0, 0.05) is 0 Å². The van der Waals surface area contributed by atoms with Crippen molar-refractivity contribution in [3.63, 3.8) is 0 Å². The van der Waals surface area contributed by atoms with E-state index in [2.05, 4.69) is 8.92 Å². The van der Waals surface area contributed by atoms with Gasteiger partial charge in [0.1, 0.15) is 6.10 Å². The van der Waals surface area contributed by atoms with E-state index in [1.165, 1.54) is 0 Å². The van der Waals surface area contributed by atoms with Crippen LogP contribution in [0.1, 0.15) is 0 Å². The lowest BCUT2D eigenvalue weighted by atomic mass is 10.1. The molecule has 0 spiro atoms. The van der Waals surface area contributed by atoms with Crippen LogP contribution in [0.3, 0.4) is 0 Å². The summed E-state index contributed by atoms with van der Waals surface area (Å²) in [6.07, 6.45) is -5.60. The second-order valence-corrected chi connectivity index (χ2v) is 3.96. The van der Waals surface area contributed by atoms with E-state index in [0.29, 0.717) is 0 Å². The number of hydrogen-bond donors (Lipinski definition) is 3. The van der Waals surface area contributed by atoms with Gasteiger partial charge in [0.2, 0.25) is 11.9 Å². The number of cyclic esters (lactones) is 1. The number of carbonyl (C=O) groups excluding carboxylic acids is 2. The normalized spacial score (nSPS) is 27.9. The van der Waals surface area contributed by atoms with Gasteiger partial charge in [-0.2, -0.15) is 8.42 Å². The van der Waals surface area contributed by atoms with Gasteiger partial charge in [-0.15, -0.1) is 0 Å². The minimum Gasteiger partial charge on any atom is -0.449 e. The fraction of sp³-hybridized carbons (Fsp3) is 0.667. The predicted octanol–water partition coefficient (Wildman–Crippen LogP) is -2.98. The van der Waals surface area contributed by atoms with Crippen LogP contribution in [0.15, 0.2) is 0 Å². The number of Topliss-reactive ketones (excluding diaryl/α,β-unsaturated/α-hetero) is 1. The van der Waals surface area contributed by atoms with Gasteiger partial charge in [-0.05, 0) is 0 Å². The average Bonchev–Trinajstić information content (AvgIpc) is 2.41. The Morgan fingerprint density at radius 1 is 1.44 bits per heavy atom. The summed E-state index contributed by atoms with van der Waals surface area (Å²) in [5.74, 6) is -2.42. The molecule has 16 heavy (non-hydrogen) atoms. The lowest BCUT2D eigenvalue weighted by molar-refractivity contribution is -0.150. The van der Waals surface area contributed by atoms with Crippen LogP contribution in [0.2, 0.25) is 0 Å². The summed E-state index contributed by atoms with van der Waals surface area (Å²) in [4.78, 5) is 21.9. The molecule has 9 nitrogen and oxygen atoms in total. The number of ether oxygens (including phenoxy) is 1. The zero-order chi connectivity index (χ0) is 12.5. The number of aliphatic hydroxyl groups excluding tert-OH is 2. The predicted molar refractivity (Wildman–Crippen MR) is 44.4 cm³/mol. The number of hydrogen-bond acceptors (Lipinski definition) is 8. The van der Waals surface area contributed by atoms with Crippen LogP contribution in [-0.2, 0) is 28.9 Å². The smallest absolute Gasteiger partial charge is 0.397 e. The Morgan fingerprint density at radius 2 is 2.00 bits per heavy atom. The van der Waals surface area contributed by atoms with E-state index in [4.69, 9.17) is 14.8 Å². The molecule has 3 atom stereocenters. The standard InChI is InChI=1S/C6H8O9S/c7-1-2(15-16(11,12)13)5-3(8)4(9)6(10)14-5/h2,4-5,7,9H,1H2,(H,11,12,13)/t2-,4?,5+/m0/s1. The lowest BCUT2D eigenvalue weighted by Gasteiger charge is -2.16. The SMILES string of the molecule is O=C1O[C@H]([C@H](CO)OS(=O)(=O)O)C(=O)C1O. The summed E-state index contributed by atoms with van der Waals surface area (Å²) in [6, 6.07) is 0. The highest BCUT2D eigenvalue weighted by molar-refractivity contribution is 7.80. The summed E-state index contributed by atoms with van der Waals surface area (Å²) in [6.45, 7) is -1.00. The number of carbonyl (C=O) groups is 2. The first-order chi connectivity index (χ1) is 7.26. The van der Waals surface area contributed by atoms with Gasteiger partial charge in [-0.25, -0.2) is 8.98 Å². The second kappa shape index (κ2) is 4.43. The third-order valence-corrected chi connectivity index (χ3v) is 2.27. The Morgan fingerprint density at radius 3 is 2.31 bits per heavy atom. The maximum absolute atomic E-state index is 11.1. The summed E-state index contributed by atoms with van der Waals surface area (Å²) in [7, 11) is -4.92. The second-order valence-electron chi connectivity index (χ2n) is 2.91. The van der Waals surface area contributed by atoms with Crippen molar-refractivity contribution >= 4 is 22.2 Å². The van der Waals surface area contributed by atoms with Crippen molar-refractivity contribution in [1.82, 2.24) is 0 Å². The highest BCUT2D eigenvalue weighted by Gasteiger charge is 2.47. The van der Waals surface area contributed by atoms with Gasteiger partial charge in [-0.3, -0.25) is 9.35 Å². The van der Waals surface area contributed by atoms with Crippen LogP contribution < -0.4 is 0 Å². The molecule has 1 saturated heterocycles. The molecule has 3 N–H and O–H groups in total. The van der Waals surface area contributed by atoms with E-state index in [9.17, 15) is 18.0 Å². The first-order valence-electron chi connectivity index (χ1n) is 3.95. The molecule has 1 heterocycles. The number of ketones is 1. The van der Waals surface area contributed by atoms with Gasteiger partial charge in [-0.1, -0.05) is 0 Å². The fourth-order valence-electron chi connectivity index (χ4n) is 1.11. The van der Waals surface area contributed by atoms with Crippen LogP contribution in [0.25, 0.3) is 0 Å². The Bertz CT molecular complexity index is 398. The zero-order valence-electron chi connectivity index (χ0n) is 7.64. The summed E-state index contributed by atoms with van der Waals surface area (Å²) in [5.41, 5.74) is 0. The van der Waals surface area contributed by atoms with E-state index in [0.717, 1.165) is 0 Å². The molecule has 10 heteroatoms. The third kappa shape index (κ3) is 2.74. The van der Waals surface area contributed by atoms with Gasteiger partial charge < -0.3 is 14.9 Å². The highest BCUT2D eigenvalue weighted by Crippen LogP contribution is 2.17. The Hall–Kier alpha value is -1.07. The largest absolute Gasteiger partial charge is 0.449 e. The molecule has 0 aromatic heterocycles. The van der Waals surface area contributed by atoms with Crippen molar-refractivity contribution in [3.8, 4) is 0 Å². The van der Waals surface area contributed by atoms with Gasteiger partial charge in [0.05, 0.1) is 6.61 Å². The Kier molecular flexibility index (Phi) is 3.60. The van der Waals surface area contributed by atoms with Crippen LogP contribution in [-0.4, -0.2) is 59.9 Å². The molecule has 0 aromatic carbocycles. The zero-order valence-corrected chi connectivity index (χ0v) is 8.46. The van der Waals surface area contributed by atoms with Crippen LogP contribution in [0.5, 0.6) is 0 Å². The summed E-state index contributed by atoms with van der Waals surface area (Å²) < 4.78 is 37.2. The molecule has 92 valence electrons. The van der Waals surface area contributed by atoms with Crippen LogP contribution >= 0.6 is 0 Å². The molecule has 0 bridgehead atoms. The maximum Gasteiger partial charge on any atom is 0.397 e. The molecule has 0 aromatic rings. The van der Waals surface area contributed by atoms with Crippen molar-refractivity contribution in [2.75, 3.05) is 6.61 Å². The topological polar surface area (TPSA) is 147 Å². The maximum atomic E-state index is 11.1. The fourth-order valence-corrected chi connectivity index (χ4v) is 1.59. The van der Waals surface area contributed by atoms with Crippen molar-refractivity contribution in [2.45, 2.75) is 18.3 Å². The lowest BCUT2D eigenvalue weighted by Crippen LogP contribution is -2.40. The van der Waals surface area contributed by atoms with Crippen molar-refractivity contribution < 1.29 is 41.7 Å². The van der Waals surface area contributed by atoms with Gasteiger partial charge >= 0.3 is 16.4 Å². The third-order valence-electron chi connectivity index (χ3n) is 1.78. The first-order valence-corrected chi connectivity index (χ1v) is 5.31. The van der Waals surface area contributed by atoms with Gasteiger partial charge in [0.25, 0.3) is 0 Å². The molecule has 1 aliphatic rings. The molecule has 1 fully saturated rings. The van der Waals surface area contributed by atoms with Crippen molar-refractivity contribution in [2.24, 2.45) is 0 Å². The molecular weight excluding hydrogens is 248 g/mol. The van der Waals surface area contributed by atoms with Crippen molar-refractivity contribution in [1.29, 1.82) is 0 Å². The molecule has 0 aliphatic carbocycles. The molecule has 1 rings (SSSR count). The minimum absolute atomic E-state index is 1.00. The first kappa shape index (κ1) is 13.0. The number of rotatable bonds is 4. The molecule has 0 amide bonds. The number of aliphatic hydroxyl groups is 2. The molecule has 0 radical (unpaired) electrons. The van der Waals surface area contributed by atoms with E-state index in [1.54, 1.807) is 0 Å². The van der Waals surface area contributed by atoms with Crippen LogP contribution in [0, 0.1) is 0 Å².